The molecule has 0 N–H and O–H groups in total. The van der Waals surface area contributed by atoms with E-state index in [1.807, 2.05) is 0 Å². The Balaban J connectivity index is 1.76. The zero-order valence-electron chi connectivity index (χ0n) is 12.6. The highest BCUT2D eigenvalue weighted by Crippen LogP contribution is 2.31. The smallest absolute Gasteiger partial charge is 0.437 e. The third-order valence-corrected chi connectivity index (χ3v) is 3.42. The number of aromatic nitrogens is 1. The van der Waals surface area contributed by atoms with Crippen molar-refractivity contribution in [3.63, 3.8) is 0 Å². The zero-order chi connectivity index (χ0) is 16.9. The van der Waals surface area contributed by atoms with E-state index in [2.05, 4.69) is 9.68 Å². The van der Waals surface area contributed by atoms with Crippen LogP contribution < -0.4 is 0 Å². The first kappa shape index (κ1) is 17.7. The lowest BCUT2D eigenvalue weighted by Crippen LogP contribution is -2.30. The molecule has 9 heteroatoms. The fourth-order valence-electron chi connectivity index (χ4n) is 2.12. The number of ether oxygens (including phenoxy) is 3. The van der Waals surface area contributed by atoms with Crippen LogP contribution in [0, 0.1) is 0 Å². The Bertz CT molecular complexity index is 511. The topological polar surface area (TPSA) is 70.8 Å². The van der Waals surface area contributed by atoms with E-state index >= 15 is 0 Å². The summed E-state index contributed by atoms with van der Waals surface area (Å²) in [4.78, 5) is 11.8. The van der Waals surface area contributed by atoms with Crippen LogP contribution in [0.3, 0.4) is 0 Å². The van der Waals surface area contributed by atoms with E-state index in [0.29, 0.717) is 6.61 Å². The minimum atomic E-state index is -4.66. The minimum absolute atomic E-state index is 0.0612. The summed E-state index contributed by atoms with van der Waals surface area (Å²) >= 11 is 0. The van der Waals surface area contributed by atoms with Gasteiger partial charge in [0.2, 0.25) is 0 Å². The van der Waals surface area contributed by atoms with E-state index in [1.54, 1.807) is 0 Å². The molecule has 23 heavy (non-hydrogen) atoms. The van der Waals surface area contributed by atoms with Crippen LogP contribution in [0.4, 0.5) is 13.2 Å². The van der Waals surface area contributed by atoms with Gasteiger partial charge in [-0.05, 0) is 26.2 Å². The highest BCUT2D eigenvalue weighted by molar-refractivity contribution is 5.74. The Morgan fingerprint density at radius 2 is 2.26 bits per heavy atom. The van der Waals surface area contributed by atoms with E-state index in [4.69, 9.17) is 14.2 Å². The molecule has 0 spiro atoms. The summed E-state index contributed by atoms with van der Waals surface area (Å²) in [6, 6.07) is 0. The molecule has 0 amide bonds. The maximum absolute atomic E-state index is 12.6. The van der Waals surface area contributed by atoms with Gasteiger partial charge in [-0.3, -0.25) is 0 Å². The standard InChI is InChI=1S/C14H18F3NO5/c1-9(21-8-11-4-2-3-5-20-11)13(19)22-6-10-7-23-18-12(10)14(15,16)17/h7,9,11H,2-6,8H2,1H3/t9-,11-/m0/s1. The van der Waals surface area contributed by atoms with Gasteiger partial charge in [-0.2, -0.15) is 13.2 Å². The Hall–Kier alpha value is -1.61. The van der Waals surface area contributed by atoms with Crippen LogP contribution in [-0.4, -0.2) is 36.5 Å². The number of carbonyl (C=O) groups is 1. The Morgan fingerprint density at radius 3 is 2.91 bits per heavy atom. The van der Waals surface area contributed by atoms with E-state index < -0.39 is 30.6 Å². The predicted octanol–water partition coefficient (Wildman–Crippen LogP) is 2.71. The Morgan fingerprint density at radius 1 is 1.48 bits per heavy atom. The second kappa shape index (κ2) is 7.78. The molecular weight excluding hydrogens is 319 g/mol. The molecule has 0 aliphatic carbocycles. The highest BCUT2D eigenvalue weighted by Gasteiger charge is 2.37. The monoisotopic (exact) mass is 337 g/mol. The molecule has 2 heterocycles. The Kier molecular flexibility index (Phi) is 6.00. The van der Waals surface area contributed by atoms with Gasteiger partial charge >= 0.3 is 12.1 Å². The number of nitrogens with zero attached hydrogens (tertiary/aromatic N) is 1. The van der Waals surface area contributed by atoms with Crippen molar-refractivity contribution in [3.05, 3.63) is 17.5 Å². The summed E-state index contributed by atoms with van der Waals surface area (Å²) in [5.74, 6) is -0.755. The van der Waals surface area contributed by atoms with Gasteiger partial charge in [0.1, 0.15) is 12.9 Å². The molecule has 1 saturated heterocycles. The molecule has 1 aromatic rings. The SMILES string of the molecule is C[C@H](OC[C@@H]1CCCCO1)C(=O)OCc1conc1C(F)(F)F. The number of hydrogen-bond donors (Lipinski definition) is 0. The minimum Gasteiger partial charge on any atom is -0.459 e. The first-order valence-electron chi connectivity index (χ1n) is 7.28. The van der Waals surface area contributed by atoms with Gasteiger partial charge in [0.05, 0.1) is 18.3 Å². The van der Waals surface area contributed by atoms with Gasteiger partial charge in [-0.25, -0.2) is 4.79 Å². The maximum Gasteiger partial charge on any atom is 0.437 e. The summed E-state index contributed by atoms with van der Waals surface area (Å²) in [5.41, 5.74) is -1.54. The van der Waals surface area contributed by atoms with Crippen LogP contribution in [0.5, 0.6) is 0 Å². The number of rotatable bonds is 6. The van der Waals surface area contributed by atoms with Gasteiger partial charge in [-0.1, -0.05) is 5.16 Å². The molecule has 1 fully saturated rings. The average molecular weight is 337 g/mol. The molecule has 1 aliphatic rings. The van der Waals surface area contributed by atoms with Crippen molar-refractivity contribution in [3.8, 4) is 0 Å². The number of halogens is 3. The van der Waals surface area contributed by atoms with Gasteiger partial charge in [0.15, 0.2) is 11.8 Å². The molecule has 1 aromatic heterocycles. The predicted molar refractivity (Wildman–Crippen MR) is 70.3 cm³/mol. The van der Waals surface area contributed by atoms with Crippen molar-refractivity contribution >= 4 is 5.97 Å². The molecule has 0 saturated carbocycles. The lowest BCUT2D eigenvalue weighted by atomic mass is 10.1. The third kappa shape index (κ3) is 5.21. The molecule has 6 nitrogen and oxygen atoms in total. The maximum atomic E-state index is 12.6. The van der Waals surface area contributed by atoms with E-state index in [0.717, 1.165) is 25.5 Å². The fourth-order valence-corrected chi connectivity index (χ4v) is 2.12. The first-order valence-corrected chi connectivity index (χ1v) is 7.28. The van der Waals surface area contributed by atoms with Gasteiger partial charge in [0.25, 0.3) is 0 Å². The summed E-state index contributed by atoms with van der Waals surface area (Å²) < 4.78 is 57.7. The van der Waals surface area contributed by atoms with Crippen LogP contribution in [-0.2, 0) is 31.8 Å². The second-order valence-electron chi connectivity index (χ2n) is 5.26. The van der Waals surface area contributed by atoms with Crippen molar-refractivity contribution in [1.29, 1.82) is 0 Å². The van der Waals surface area contributed by atoms with Crippen LogP contribution in [0.25, 0.3) is 0 Å². The number of hydrogen-bond acceptors (Lipinski definition) is 6. The van der Waals surface area contributed by atoms with Crippen molar-refractivity contribution < 1.29 is 36.7 Å². The van der Waals surface area contributed by atoms with E-state index in [-0.39, 0.29) is 18.3 Å². The third-order valence-electron chi connectivity index (χ3n) is 3.42. The molecule has 2 atom stereocenters. The number of carbonyl (C=O) groups excluding carboxylic acids is 1. The largest absolute Gasteiger partial charge is 0.459 e. The first-order chi connectivity index (χ1) is 10.9. The Labute approximate surface area is 130 Å². The number of esters is 1. The molecule has 1 aliphatic heterocycles. The van der Waals surface area contributed by atoms with Crippen LogP contribution >= 0.6 is 0 Å². The van der Waals surface area contributed by atoms with Crippen molar-refractivity contribution in [2.24, 2.45) is 0 Å². The molecule has 0 aromatic carbocycles. The quantitative estimate of drug-likeness (QED) is 0.743. The zero-order valence-corrected chi connectivity index (χ0v) is 12.6. The summed E-state index contributed by atoms with van der Waals surface area (Å²) in [5, 5.41) is 2.87. The van der Waals surface area contributed by atoms with Gasteiger partial charge < -0.3 is 18.7 Å². The fraction of sp³-hybridized carbons (Fsp3) is 0.714. The van der Waals surface area contributed by atoms with Gasteiger partial charge in [-0.15, -0.1) is 0 Å². The molecule has 130 valence electrons. The van der Waals surface area contributed by atoms with Crippen LogP contribution in [0.1, 0.15) is 37.4 Å². The normalized spacial score (nSPS) is 20.3. The molecular formula is C14H18F3NO5. The highest BCUT2D eigenvalue weighted by atomic mass is 19.4. The molecule has 0 unspecified atom stereocenters. The molecule has 2 rings (SSSR count). The number of alkyl halides is 3. The second-order valence-corrected chi connectivity index (χ2v) is 5.26. The molecule has 0 bridgehead atoms. The lowest BCUT2D eigenvalue weighted by Gasteiger charge is -2.23. The van der Waals surface area contributed by atoms with E-state index in [9.17, 15) is 18.0 Å². The summed E-state index contributed by atoms with van der Waals surface area (Å²) in [6.45, 7) is 1.81. The summed E-state index contributed by atoms with van der Waals surface area (Å²) in [6.07, 6.45) is -1.90. The van der Waals surface area contributed by atoms with Gasteiger partial charge in [0, 0.05) is 6.61 Å². The van der Waals surface area contributed by atoms with E-state index in [1.165, 1.54) is 6.92 Å². The van der Waals surface area contributed by atoms with Crippen molar-refractivity contribution in [2.45, 2.75) is 51.2 Å². The van der Waals surface area contributed by atoms with Crippen LogP contribution in [0.2, 0.25) is 0 Å². The lowest BCUT2D eigenvalue weighted by molar-refractivity contribution is -0.161. The average Bonchev–Trinajstić information content (AvgIpc) is 3.00. The van der Waals surface area contributed by atoms with Crippen molar-refractivity contribution in [1.82, 2.24) is 5.16 Å². The molecule has 0 radical (unpaired) electrons. The summed E-state index contributed by atoms with van der Waals surface area (Å²) in [7, 11) is 0. The van der Waals surface area contributed by atoms with Crippen LogP contribution in [0.15, 0.2) is 10.8 Å². The van der Waals surface area contributed by atoms with Crippen molar-refractivity contribution in [2.75, 3.05) is 13.2 Å².